The van der Waals surface area contributed by atoms with Gasteiger partial charge in [-0.15, -0.1) is 11.6 Å². The third kappa shape index (κ3) is 2.71. The van der Waals surface area contributed by atoms with E-state index in [1.54, 1.807) is 0 Å². The van der Waals surface area contributed by atoms with E-state index in [9.17, 15) is 19.4 Å². The molecule has 0 saturated carbocycles. The van der Waals surface area contributed by atoms with Crippen LogP contribution in [0.15, 0.2) is 12.3 Å². The van der Waals surface area contributed by atoms with E-state index in [0.717, 1.165) is 12.3 Å². The number of halogens is 2. The number of aromatic nitrogens is 1. The number of pyridine rings is 1. The fourth-order valence-electron chi connectivity index (χ4n) is 1.03. The van der Waals surface area contributed by atoms with Crippen LogP contribution in [0.2, 0.25) is 0 Å². The van der Waals surface area contributed by atoms with Crippen molar-refractivity contribution in [1.82, 2.24) is 4.98 Å². The van der Waals surface area contributed by atoms with Crippen LogP contribution in [-0.2, 0) is 0 Å². The molecule has 0 amide bonds. The number of nitrogens with zero attached hydrogens (tertiary/aromatic N) is 1. The Morgan fingerprint density at radius 3 is 2.80 bits per heavy atom. The molecule has 2 N–H and O–H groups in total. The zero-order valence-electron chi connectivity index (χ0n) is 7.60. The fourth-order valence-corrected chi connectivity index (χ4v) is 1.20. The molecule has 1 aromatic rings. The smallest absolute Gasteiger partial charge is 0.223 e. The van der Waals surface area contributed by atoms with Gasteiger partial charge in [-0.3, -0.25) is 4.79 Å². The van der Waals surface area contributed by atoms with Crippen LogP contribution in [0.3, 0.4) is 0 Å². The number of carbonyl (C=O) groups is 1. The van der Waals surface area contributed by atoms with E-state index in [1.807, 2.05) is 0 Å². The summed E-state index contributed by atoms with van der Waals surface area (Å²) >= 11 is 5.33. The van der Waals surface area contributed by atoms with E-state index in [4.69, 9.17) is 11.6 Å². The molecule has 0 saturated heterocycles. The highest BCUT2D eigenvalue weighted by atomic mass is 35.5. The van der Waals surface area contributed by atoms with Gasteiger partial charge < -0.3 is 10.2 Å². The highest BCUT2D eigenvalue weighted by Gasteiger charge is 2.19. The van der Waals surface area contributed by atoms with E-state index in [0.29, 0.717) is 0 Å². The predicted molar refractivity (Wildman–Crippen MR) is 51.3 cm³/mol. The Balaban J connectivity index is 3.00. The second kappa shape index (κ2) is 5.16. The van der Waals surface area contributed by atoms with Crippen LogP contribution in [0.5, 0.6) is 0 Å². The maximum atomic E-state index is 12.8. The highest BCUT2D eigenvalue weighted by molar-refractivity contribution is 6.18. The summed E-state index contributed by atoms with van der Waals surface area (Å²) in [6.07, 6.45) is -1.14. The Morgan fingerprint density at radius 2 is 2.27 bits per heavy atom. The number of alkyl halides is 1. The van der Waals surface area contributed by atoms with Crippen molar-refractivity contribution in [1.29, 1.82) is 0 Å². The zero-order chi connectivity index (χ0) is 11.4. The highest BCUT2D eigenvalue weighted by Crippen LogP contribution is 2.18. The topological polar surface area (TPSA) is 70.4 Å². The summed E-state index contributed by atoms with van der Waals surface area (Å²) < 4.78 is 12.8. The lowest BCUT2D eigenvalue weighted by atomic mass is 10.1. The molecule has 0 aromatic carbocycles. The molecule has 0 aliphatic heterocycles. The van der Waals surface area contributed by atoms with Crippen LogP contribution in [0, 0.1) is 5.95 Å². The molecule has 1 heterocycles. The van der Waals surface area contributed by atoms with Gasteiger partial charge in [0.05, 0.1) is 17.5 Å². The largest absolute Gasteiger partial charge is 0.389 e. The van der Waals surface area contributed by atoms with Crippen LogP contribution in [0.1, 0.15) is 22.0 Å². The molecule has 6 heteroatoms. The molecule has 82 valence electrons. The summed E-state index contributed by atoms with van der Waals surface area (Å²) in [6, 6.07) is 1.12. The van der Waals surface area contributed by atoms with Crippen molar-refractivity contribution < 1.29 is 19.4 Å². The summed E-state index contributed by atoms with van der Waals surface area (Å²) in [6.45, 7) is 0. The van der Waals surface area contributed by atoms with Gasteiger partial charge in [0, 0.05) is 11.8 Å². The lowest BCUT2D eigenvalue weighted by Crippen LogP contribution is -2.20. The molecule has 2 atom stereocenters. The summed E-state index contributed by atoms with van der Waals surface area (Å²) in [5, 5.41) is 18.7. The van der Waals surface area contributed by atoms with Gasteiger partial charge in [0.2, 0.25) is 5.95 Å². The Morgan fingerprint density at radius 1 is 1.60 bits per heavy atom. The van der Waals surface area contributed by atoms with Crippen molar-refractivity contribution in [3.8, 4) is 0 Å². The molecule has 1 aromatic heterocycles. The maximum Gasteiger partial charge on any atom is 0.223 e. The number of hydrogen-bond donors (Lipinski definition) is 2. The van der Waals surface area contributed by atoms with Gasteiger partial charge in [0.1, 0.15) is 6.10 Å². The van der Waals surface area contributed by atoms with Crippen LogP contribution in [0.4, 0.5) is 4.39 Å². The van der Waals surface area contributed by atoms with Crippen LogP contribution >= 0.6 is 11.6 Å². The average molecular weight is 234 g/mol. The van der Waals surface area contributed by atoms with E-state index in [-0.39, 0.29) is 23.3 Å². The fraction of sp³-hybridized carbons (Fsp3) is 0.333. The van der Waals surface area contributed by atoms with E-state index in [2.05, 4.69) is 4.98 Å². The van der Waals surface area contributed by atoms with Gasteiger partial charge in [-0.2, -0.15) is 4.39 Å². The Labute approximate surface area is 90.3 Å². The summed E-state index contributed by atoms with van der Waals surface area (Å²) in [5.74, 6) is -1.09. The van der Waals surface area contributed by atoms with Gasteiger partial charge in [0.15, 0.2) is 6.29 Å². The first-order valence-corrected chi connectivity index (χ1v) is 4.66. The Hall–Kier alpha value is -1.04. The van der Waals surface area contributed by atoms with Gasteiger partial charge in [-0.05, 0) is 6.07 Å². The van der Waals surface area contributed by atoms with Gasteiger partial charge >= 0.3 is 0 Å². The van der Waals surface area contributed by atoms with E-state index < -0.39 is 18.2 Å². The average Bonchev–Trinajstić information content (AvgIpc) is 2.27. The third-order valence-electron chi connectivity index (χ3n) is 1.88. The van der Waals surface area contributed by atoms with Crippen LogP contribution in [-0.4, -0.2) is 33.5 Å². The maximum absolute atomic E-state index is 12.8. The van der Waals surface area contributed by atoms with Gasteiger partial charge in [-0.25, -0.2) is 4.98 Å². The molecule has 0 fully saturated rings. The third-order valence-corrected chi connectivity index (χ3v) is 2.19. The molecule has 1 rings (SSSR count). The summed E-state index contributed by atoms with van der Waals surface area (Å²) in [5.41, 5.74) is -0.125. The van der Waals surface area contributed by atoms with E-state index in [1.165, 1.54) is 0 Å². The van der Waals surface area contributed by atoms with Crippen LogP contribution < -0.4 is 0 Å². The SMILES string of the molecule is O=Cc1cc(C(O)C(O)CCl)cnc1F. The van der Waals surface area contributed by atoms with Crippen molar-refractivity contribution in [2.75, 3.05) is 5.88 Å². The number of hydrogen-bond acceptors (Lipinski definition) is 4. The van der Waals surface area contributed by atoms with Crippen LogP contribution in [0.25, 0.3) is 0 Å². The molecule has 0 spiro atoms. The minimum atomic E-state index is -1.28. The molecular weight excluding hydrogens is 225 g/mol. The molecule has 0 bridgehead atoms. The number of aldehydes is 1. The van der Waals surface area contributed by atoms with Gasteiger partial charge in [-0.1, -0.05) is 0 Å². The standard InChI is InChI=1S/C9H9ClFNO3/c10-2-7(14)8(15)5-1-6(4-13)9(11)12-3-5/h1,3-4,7-8,14-15H,2H2. The van der Waals surface area contributed by atoms with E-state index >= 15 is 0 Å². The van der Waals surface area contributed by atoms with Crippen molar-refractivity contribution in [3.63, 3.8) is 0 Å². The summed E-state index contributed by atoms with van der Waals surface area (Å²) in [4.78, 5) is 13.7. The minimum absolute atomic E-state index is 0.145. The predicted octanol–water partition coefficient (Wildman–Crippen LogP) is 0.666. The number of aliphatic hydroxyl groups excluding tert-OH is 2. The van der Waals surface area contributed by atoms with Gasteiger partial charge in [0.25, 0.3) is 0 Å². The lowest BCUT2D eigenvalue weighted by molar-refractivity contribution is 0.0324. The molecule has 0 aliphatic rings. The first-order chi connectivity index (χ1) is 7.10. The first kappa shape index (κ1) is 12.0. The van der Waals surface area contributed by atoms with Crippen molar-refractivity contribution in [3.05, 3.63) is 29.3 Å². The van der Waals surface area contributed by atoms with Crippen molar-refractivity contribution in [2.24, 2.45) is 0 Å². The van der Waals surface area contributed by atoms with Crippen molar-refractivity contribution >= 4 is 17.9 Å². The molecule has 0 aliphatic carbocycles. The number of carbonyl (C=O) groups excluding carboxylic acids is 1. The Kier molecular flexibility index (Phi) is 4.14. The normalized spacial score (nSPS) is 14.7. The Bertz CT molecular complexity index is 361. The van der Waals surface area contributed by atoms with Crippen molar-refractivity contribution in [2.45, 2.75) is 12.2 Å². The molecule has 15 heavy (non-hydrogen) atoms. The summed E-state index contributed by atoms with van der Waals surface area (Å²) in [7, 11) is 0. The molecular formula is C9H9ClFNO3. The second-order valence-electron chi connectivity index (χ2n) is 2.93. The molecule has 4 nitrogen and oxygen atoms in total. The first-order valence-electron chi connectivity index (χ1n) is 4.13. The number of aliphatic hydroxyl groups is 2. The minimum Gasteiger partial charge on any atom is -0.389 e. The lowest BCUT2D eigenvalue weighted by Gasteiger charge is -2.15. The second-order valence-corrected chi connectivity index (χ2v) is 3.24. The molecule has 0 radical (unpaired) electrons. The zero-order valence-corrected chi connectivity index (χ0v) is 8.36. The monoisotopic (exact) mass is 233 g/mol. The number of rotatable bonds is 4. The molecule has 2 unspecified atom stereocenters. The quantitative estimate of drug-likeness (QED) is 0.456.